The molecular formula is C35H62N3O11P. The van der Waals surface area contributed by atoms with Gasteiger partial charge >= 0.3 is 19.9 Å². The number of aromatic nitrogens is 2. The zero-order chi connectivity index (χ0) is 36.4. The zero-order valence-electron chi connectivity index (χ0n) is 29.7. The summed E-state index contributed by atoms with van der Waals surface area (Å²) in [5, 5.41) is 21.4. The quantitative estimate of drug-likeness (QED) is 0.0485. The number of H-pyrrole nitrogens is 1. The van der Waals surface area contributed by atoms with Crippen molar-refractivity contribution in [2.75, 3.05) is 19.8 Å². The van der Waals surface area contributed by atoms with Crippen LogP contribution in [0.25, 0.3) is 0 Å². The maximum absolute atomic E-state index is 12.3. The van der Waals surface area contributed by atoms with Crippen LogP contribution in [0.15, 0.2) is 21.9 Å². The number of amides is 1. The topological polar surface area (TPSA) is 206 Å². The van der Waals surface area contributed by atoms with E-state index in [1.807, 2.05) is 0 Å². The Labute approximate surface area is 296 Å². The molecule has 1 aromatic heterocycles. The molecule has 15 heteroatoms. The number of rotatable bonds is 31. The predicted molar refractivity (Wildman–Crippen MR) is 190 cm³/mol. The van der Waals surface area contributed by atoms with E-state index in [1.165, 1.54) is 76.8 Å². The number of hydrogen-bond acceptors (Lipinski definition) is 9. The van der Waals surface area contributed by atoms with Gasteiger partial charge in [0.2, 0.25) is 5.91 Å². The molecule has 0 radical (unpaired) electrons. The molecule has 0 aromatic carbocycles. The van der Waals surface area contributed by atoms with Crippen LogP contribution in [0, 0.1) is 0 Å². The molecule has 14 nitrogen and oxygen atoms in total. The summed E-state index contributed by atoms with van der Waals surface area (Å²) < 4.78 is 29.4. The predicted octanol–water partition coefficient (Wildman–Crippen LogP) is 5.36. The van der Waals surface area contributed by atoms with Gasteiger partial charge in [-0.05, 0) is 25.7 Å². The van der Waals surface area contributed by atoms with E-state index in [4.69, 9.17) is 19.1 Å². The van der Waals surface area contributed by atoms with Crippen LogP contribution in [0.5, 0.6) is 0 Å². The average Bonchev–Trinajstić information content (AvgIpc) is 3.40. The highest BCUT2D eigenvalue weighted by atomic mass is 31.1. The molecule has 1 fully saturated rings. The number of carbonyl (C=O) groups is 2. The molecule has 1 amide bonds. The van der Waals surface area contributed by atoms with Crippen LogP contribution in [0.1, 0.15) is 147 Å². The van der Waals surface area contributed by atoms with Crippen LogP contribution in [0.4, 0.5) is 0 Å². The third-order valence-electron chi connectivity index (χ3n) is 9.08. The van der Waals surface area contributed by atoms with Crippen molar-refractivity contribution in [2.45, 2.75) is 166 Å². The fourth-order valence-electron chi connectivity index (χ4n) is 6.30. The number of carboxylic acid groups (broad SMARTS) is 1. The minimum Gasteiger partial charge on any atom is -0.481 e. The second-order valence-electron chi connectivity index (χ2n) is 13.3. The minimum atomic E-state index is -3.40. The number of unbranched alkanes of at least 4 members (excludes halogenated alkanes) is 18. The Morgan fingerprint density at radius 3 is 1.84 bits per heavy atom. The number of nitrogens with one attached hydrogen (secondary N) is 2. The summed E-state index contributed by atoms with van der Waals surface area (Å²) >= 11 is 0. The first-order valence-electron chi connectivity index (χ1n) is 18.8. The number of aliphatic hydroxyl groups excluding tert-OH is 1. The van der Waals surface area contributed by atoms with Gasteiger partial charge in [-0.25, -0.2) is 4.79 Å². The van der Waals surface area contributed by atoms with Crippen LogP contribution in [0.3, 0.4) is 0 Å². The van der Waals surface area contributed by atoms with E-state index >= 15 is 0 Å². The molecule has 1 aromatic rings. The summed E-state index contributed by atoms with van der Waals surface area (Å²) in [5.41, 5.74) is -1.33. The Morgan fingerprint density at radius 2 is 1.32 bits per heavy atom. The Bertz CT molecular complexity index is 1210. The van der Waals surface area contributed by atoms with E-state index in [0.29, 0.717) is 25.8 Å². The van der Waals surface area contributed by atoms with E-state index < -0.39 is 56.6 Å². The second kappa shape index (κ2) is 27.3. The standard InChI is InChI=1S/C35H62N3O11P/c39-27-28-32(49-50(45)46)33(34(48-28)38-25-23-30(41)37-35(38)44)47-26-20-16-15-19-24-36-29(40)21-17-13-11-9-7-5-3-1-2-4-6-8-10-12-14-18-22-31(42)43/h23,25,28,32-34,39,50H,1-22,24,26-27H2,(H,36,40)(H,42,43)(H,45,46)(H,37,41,44)/t28-,32?,33?,34-/m1/s1. The van der Waals surface area contributed by atoms with Crippen LogP contribution in [-0.4, -0.2) is 74.6 Å². The van der Waals surface area contributed by atoms with Crippen molar-refractivity contribution < 1.29 is 43.3 Å². The minimum absolute atomic E-state index is 0.0870. The highest BCUT2D eigenvalue weighted by Gasteiger charge is 2.48. The van der Waals surface area contributed by atoms with Gasteiger partial charge in [0.05, 0.1) is 6.61 Å². The molecule has 0 bridgehead atoms. The van der Waals surface area contributed by atoms with Crippen LogP contribution < -0.4 is 16.6 Å². The molecule has 0 aliphatic carbocycles. The highest BCUT2D eigenvalue weighted by Crippen LogP contribution is 2.37. The van der Waals surface area contributed by atoms with Gasteiger partial charge < -0.3 is 34.4 Å². The molecule has 1 aliphatic rings. The number of carboxylic acids is 1. The lowest BCUT2D eigenvalue weighted by Crippen LogP contribution is -2.40. The normalized spacial score (nSPS) is 19.5. The number of carbonyl (C=O) groups excluding carboxylic acids is 1. The first-order valence-corrected chi connectivity index (χ1v) is 20.1. The van der Waals surface area contributed by atoms with Gasteiger partial charge in [-0.2, -0.15) is 0 Å². The van der Waals surface area contributed by atoms with Crippen molar-refractivity contribution in [1.82, 2.24) is 14.9 Å². The molecule has 0 saturated carbocycles. The first kappa shape index (κ1) is 43.8. The summed E-state index contributed by atoms with van der Waals surface area (Å²) in [6.45, 7) is 0.339. The molecule has 5 atom stereocenters. The summed E-state index contributed by atoms with van der Waals surface area (Å²) in [5.74, 6) is -0.604. The summed E-state index contributed by atoms with van der Waals surface area (Å²) in [4.78, 5) is 58.0. The third kappa shape index (κ3) is 19.3. The number of aliphatic hydroxyl groups is 1. The van der Waals surface area contributed by atoms with Gasteiger partial charge in [-0.15, -0.1) is 0 Å². The molecule has 1 saturated heterocycles. The van der Waals surface area contributed by atoms with E-state index in [9.17, 15) is 33.7 Å². The molecule has 5 N–H and O–H groups in total. The van der Waals surface area contributed by atoms with Crippen LogP contribution in [-0.2, 0) is 28.2 Å². The molecule has 50 heavy (non-hydrogen) atoms. The van der Waals surface area contributed by atoms with Crippen molar-refractivity contribution in [3.8, 4) is 0 Å². The second-order valence-corrected chi connectivity index (χ2v) is 14.0. The van der Waals surface area contributed by atoms with Crippen LogP contribution in [0.2, 0.25) is 0 Å². The lowest BCUT2D eigenvalue weighted by atomic mass is 10.0. The molecule has 2 heterocycles. The Hall–Kier alpha value is -2.35. The van der Waals surface area contributed by atoms with Crippen molar-refractivity contribution >= 4 is 20.1 Å². The number of aliphatic carboxylic acids is 1. The molecule has 0 spiro atoms. The maximum atomic E-state index is 12.3. The molecule has 3 unspecified atom stereocenters. The van der Waals surface area contributed by atoms with Gasteiger partial charge in [0, 0.05) is 38.3 Å². The fourth-order valence-corrected chi connectivity index (χ4v) is 6.81. The Balaban J connectivity index is 1.44. The van der Waals surface area contributed by atoms with Gasteiger partial charge in [-0.1, -0.05) is 103 Å². The lowest BCUT2D eigenvalue weighted by molar-refractivity contribution is -0.137. The highest BCUT2D eigenvalue weighted by molar-refractivity contribution is 7.32. The Morgan fingerprint density at radius 1 is 0.800 bits per heavy atom. The van der Waals surface area contributed by atoms with Crippen molar-refractivity contribution in [1.29, 1.82) is 0 Å². The van der Waals surface area contributed by atoms with Crippen LogP contribution >= 0.6 is 8.25 Å². The van der Waals surface area contributed by atoms with Gasteiger partial charge in [0.25, 0.3) is 5.56 Å². The van der Waals surface area contributed by atoms with Gasteiger partial charge in [-0.3, -0.25) is 28.5 Å². The monoisotopic (exact) mass is 731 g/mol. The van der Waals surface area contributed by atoms with Crippen molar-refractivity contribution in [2.24, 2.45) is 0 Å². The number of nitrogens with zero attached hydrogens (tertiary/aromatic N) is 1. The summed E-state index contributed by atoms with van der Waals surface area (Å²) in [6, 6.07) is 1.14. The molecule has 288 valence electrons. The summed E-state index contributed by atoms with van der Waals surface area (Å²) in [6.07, 6.45) is 20.0. The summed E-state index contributed by atoms with van der Waals surface area (Å²) in [7, 11) is -3.40. The van der Waals surface area contributed by atoms with E-state index in [0.717, 1.165) is 62.0 Å². The molecule has 2 rings (SSSR count). The number of hydrogen-bond donors (Lipinski definition) is 5. The van der Waals surface area contributed by atoms with E-state index in [1.54, 1.807) is 0 Å². The van der Waals surface area contributed by atoms with Crippen molar-refractivity contribution in [3.05, 3.63) is 33.1 Å². The largest absolute Gasteiger partial charge is 0.481 e. The first-order chi connectivity index (χ1) is 24.2. The average molecular weight is 732 g/mol. The molecule has 1 aliphatic heterocycles. The third-order valence-corrected chi connectivity index (χ3v) is 9.55. The van der Waals surface area contributed by atoms with E-state index in [-0.39, 0.29) is 12.5 Å². The van der Waals surface area contributed by atoms with Gasteiger partial charge in [0.1, 0.15) is 18.3 Å². The van der Waals surface area contributed by atoms with E-state index in [2.05, 4.69) is 10.3 Å². The maximum Gasteiger partial charge on any atom is 0.330 e. The van der Waals surface area contributed by atoms with Crippen molar-refractivity contribution in [3.63, 3.8) is 0 Å². The number of aromatic amines is 1. The lowest BCUT2D eigenvalue weighted by Gasteiger charge is -2.24. The Kier molecular flexibility index (Phi) is 23.9. The smallest absolute Gasteiger partial charge is 0.330 e. The zero-order valence-corrected chi connectivity index (χ0v) is 30.7. The fraction of sp³-hybridized carbons (Fsp3) is 0.829. The SMILES string of the molecule is O=C(O)CCCCCCCCCCCCCCCCCCC(=O)NCCCCCCOC1C(O[PH](=O)O)[C@@H](CO)O[C@H]1n1ccc(=O)[nH]c1=O. The number of ether oxygens (including phenoxy) is 2. The van der Waals surface area contributed by atoms with Gasteiger partial charge in [0.15, 0.2) is 6.23 Å². The molecular weight excluding hydrogens is 669 g/mol.